The lowest BCUT2D eigenvalue weighted by Gasteiger charge is -2.26. The Morgan fingerprint density at radius 1 is 1.19 bits per heavy atom. The number of nitrogens with zero attached hydrogens (tertiary/aromatic N) is 2. The Labute approximate surface area is 132 Å². The van der Waals surface area contributed by atoms with Crippen molar-refractivity contribution in [2.45, 2.75) is 19.1 Å². The number of benzene rings is 1. The molecule has 6 nitrogen and oxygen atoms in total. The second-order valence-corrected chi connectivity index (χ2v) is 5.61. The Balaban J connectivity index is 1.82. The summed E-state index contributed by atoms with van der Waals surface area (Å²) in [5.41, 5.74) is 16.2. The lowest BCUT2D eigenvalue weighted by molar-refractivity contribution is 0.170. The number of hydrogen-bond acceptors (Lipinski definition) is 6. The molecule has 0 aliphatic carbocycles. The number of anilines is 1. The van der Waals surface area contributed by atoms with Crippen LogP contribution in [0.1, 0.15) is 5.76 Å². The van der Waals surface area contributed by atoms with E-state index in [2.05, 4.69) is 5.43 Å². The van der Waals surface area contributed by atoms with E-state index < -0.39 is 12.6 Å². The van der Waals surface area contributed by atoms with Crippen molar-refractivity contribution in [3.8, 4) is 0 Å². The van der Waals surface area contributed by atoms with Crippen molar-refractivity contribution in [1.29, 1.82) is 0 Å². The van der Waals surface area contributed by atoms with E-state index in [0.29, 0.717) is 16.6 Å². The molecule has 8 heteroatoms. The molecule has 1 fully saturated rings. The molecule has 0 bridgehead atoms. The minimum Gasteiger partial charge on any atom is -0.468 e. The maximum Gasteiger partial charge on any atom is 0.152 e. The van der Waals surface area contributed by atoms with Gasteiger partial charge in [-0.15, -0.1) is 0 Å². The van der Waals surface area contributed by atoms with E-state index in [0.717, 1.165) is 11.4 Å². The summed E-state index contributed by atoms with van der Waals surface area (Å²) in [6.07, 6.45) is 0.701. The van der Waals surface area contributed by atoms with Crippen LogP contribution < -0.4 is 21.9 Å². The predicted molar refractivity (Wildman–Crippen MR) is 82.3 cm³/mol. The van der Waals surface area contributed by atoms with E-state index in [9.17, 15) is 0 Å². The van der Waals surface area contributed by atoms with Crippen LogP contribution in [0.15, 0.2) is 41.0 Å². The van der Waals surface area contributed by atoms with Crippen molar-refractivity contribution < 1.29 is 4.42 Å². The summed E-state index contributed by atoms with van der Waals surface area (Å²) in [6.45, 7) is 0.493. The maximum absolute atomic E-state index is 6.24. The van der Waals surface area contributed by atoms with Crippen molar-refractivity contribution in [3.05, 3.63) is 52.4 Å². The second kappa shape index (κ2) is 5.84. The highest BCUT2D eigenvalue weighted by Gasteiger charge is 2.35. The molecule has 2 atom stereocenters. The molecule has 3 rings (SSSR count). The van der Waals surface area contributed by atoms with Crippen molar-refractivity contribution in [1.82, 2.24) is 10.3 Å². The second-order valence-electron chi connectivity index (χ2n) is 4.74. The highest BCUT2D eigenvalue weighted by Crippen LogP contribution is 2.28. The smallest absolute Gasteiger partial charge is 0.152 e. The Morgan fingerprint density at radius 3 is 2.52 bits per heavy atom. The first-order chi connectivity index (χ1) is 10.0. The van der Waals surface area contributed by atoms with Crippen LogP contribution in [-0.2, 0) is 6.54 Å². The van der Waals surface area contributed by atoms with Crippen LogP contribution in [0.5, 0.6) is 0 Å². The topological polar surface area (TPSA) is 83.7 Å². The normalized spacial score (nSPS) is 23.0. The van der Waals surface area contributed by atoms with Gasteiger partial charge in [-0.2, -0.15) is 0 Å². The minimum absolute atomic E-state index is 0.442. The number of rotatable bonds is 3. The lowest BCUT2D eigenvalue weighted by atomic mass is 10.3. The maximum atomic E-state index is 6.24. The standard InChI is InChI=1S/C13H15Cl2N5O/c14-8-4-9(15)6-10(5-8)20-13(17)19(12(16)18-20)7-11-2-1-3-21-11/h1-6,12-13,18H,7,16-17H2. The molecule has 1 aliphatic rings. The van der Waals surface area contributed by atoms with E-state index >= 15 is 0 Å². The van der Waals surface area contributed by atoms with Crippen LogP contribution in [0.25, 0.3) is 0 Å². The summed E-state index contributed by atoms with van der Waals surface area (Å²) in [7, 11) is 0. The van der Waals surface area contributed by atoms with Gasteiger partial charge in [-0.05, 0) is 30.3 Å². The fraction of sp³-hybridized carbons (Fsp3) is 0.231. The molecule has 2 heterocycles. The third-order valence-corrected chi connectivity index (χ3v) is 3.71. The molecule has 21 heavy (non-hydrogen) atoms. The molecule has 0 saturated carbocycles. The molecule has 5 N–H and O–H groups in total. The average Bonchev–Trinajstić information content (AvgIpc) is 3.01. The van der Waals surface area contributed by atoms with Crippen LogP contribution in [-0.4, -0.2) is 17.5 Å². The zero-order chi connectivity index (χ0) is 15.0. The summed E-state index contributed by atoms with van der Waals surface area (Å²) in [4.78, 5) is 1.85. The fourth-order valence-electron chi connectivity index (χ4n) is 2.29. The Morgan fingerprint density at radius 2 is 1.90 bits per heavy atom. The molecule has 112 valence electrons. The van der Waals surface area contributed by atoms with Gasteiger partial charge in [0.1, 0.15) is 12.0 Å². The lowest BCUT2D eigenvalue weighted by Crippen LogP contribution is -2.48. The van der Waals surface area contributed by atoms with Gasteiger partial charge in [0.05, 0.1) is 18.5 Å². The van der Waals surface area contributed by atoms with E-state index in [1.807, 2.05) is 17.0 Å². The molecule has 1 aliphatic heterocycles. The minimum atomic E-state index is -0.473. The summed E-state index contributed by atoms with van der Waals surface area (Å²) in [6, 6.07) is 8.89. The predicted octanol–water partition coefficient (Wildman–Crippen LogP) is 1.90. The SMILES string of the molecule is NC1NN(c2cc(Cl)cc(Cl)c2)C(N)N1Cc1ccco1. The van der Waals surface area contributed by atoms with Gasteiger partial charge >= 0.3 is 0 Å². The van der Waals surface area contributed by atoms with Crippen molar-refractivity contribution in [2.24, 2.45) is 11.5 Å². The Kier molecular flexibility index (Phi) is 4.08. The molecule has 1 aromatic carbocycles. The first-order valence-electron chi connectivity index (χ1n) is 6.35. The molecule has 1 saturated heterocycles. The van der Waals surface area contributed by atoms with Crippen molar-refractivity contribution in [2.75, 3.05) is 5.01 Å². The van der Waals surface area contributed by atoms with Crippen molar-refractivity contribution >= 4 is 28.9 Å². The zero-order valence-corrected chi connectivity index (χ0v) is 12.6. The monoisotopic (exact) mass is 327 g/mol. The fourth-order valence-corrected chi connectivity index (χ4v) is 2.80. The highest BCUT2D eigenvalue weighted by atomic mass is 35.5. The number of furan rings is 1. The van der Waals surface area contributed by atoms with Gasteiger partial charge in [0.2, 0.25) is 0 Å². The number of nitrogens with two attached hydrogens (primary N) is 2. The average molecular weight is 328 g/mol. The van der Waals surface area contributed by atoms with Crippen LogP contribution in [0, 0.1) is 0 Å². The van der Waals surface area contributed by atoms with Gasteiger partial charge in [0.25, 0.3) is 0 Å². The van der Waals surface area contributed by atoms with E-state index in [1.165, 1.54) is 0 Å². The molecule has 0 spiro atoms. The van der Waals surface area contributed by atoms with E-state index in [4.69, 9.17) is 39.1 Å². The summed E-state index contributed by atoms with van der Waals surface area (Å²) in [5.74, 6) is 0.786. The van der Waals surface area contributed by atoms with Gasteiger partial charge in [-0.1, -0.05) is 23.2 Å². The Hall–Kier alpha value is -1.28. The first-order valence-corrected chi connectivity index (χ1v) is 7.11. The van der Waals surface area contributed by atoms with Gasteiger partial charge in [0, 0.05) is 10.0 Å². The number of hydrazine groups is 1. The van der Waals surface area contributed by atoms with Crippen LogP contribution in [0.2, 0.25) is 10.0 Å². The van der Waals surface area contributed by atoms with Gasteiger partial charge < -0.3 is 10.2 Å². The molecule has 0 radical (unpaired) electrons. The largest absolute Gasteiger partial charge is 0.468 e. The van der Waals surface area contributed by atoms with Crippen LogP contribution in [0.3, 0.4) is 0 Å². The van der Waals surface area contributed by atoms with Crippen LogP contribution >= 0.6 is 23.2 Å². The van der Waals surface area contributed by atoms with E-state index in [-0.39, 0.29) is 0 Å². The molecule has 0 amide bonds. The summed E-state index contributed by atoms with van der Waals surface area (Å²) >= 11 is 12.0. The van der Waals surface area contributed by atoms with E-state index in [1.54, 1.807) is 29.5 Å². The third-order valence-electron chi connectivity index (χ3n) is 3.28. The summed E-state index contributed by atoms with van der Waals surface area (Å²) < 4.78 is 5.33. The molecular weight excluding hydrogens is 313 g/mol. The van der Waals surface area contributed by atoms with Crippen molar-refractivity contribution in [3.63, 3.8) is 0 Å². The third kappa shape index (κ3) is 3.01. The van der Waals surface area contributed by atoms with Gasteiger partial charge in [-0.3, -0.25) is 10.7 Å². The van der Waals surface area contributed by atoms with Gasteiger partial charge in [0.15, 0.2) is 6.29 Å². The zero-order valence-electron chi connectivity index (χ0n) is 11.0. The molecular formula is C13H15Cl2N5O. The highest BCUT2D eigenvalue weighted by molar-refractivity contribution is 6.35. The molecule has 2 unspecified atom stereocenters. The number of hydrogen-bond donors (Lipinski definition) is 3. The molecule has 2 aromatic rings. The van der Waals surface area contributed by atoms with Gasteiger partial charge in [-0.25, -0.2) is 10.3 Å². The number of halogens is 2. The van der Waals surface area contributed by atoms with Crippen LogP contribution in [0.4, 0.5) is 5.69 Å². The molecule has 1 aromatic heterocycles. The quantitative estimate of drug-likeness (QED) is 0.798. The summed E-state index contributed by atoms with van der Waals surface area (Å²) in [5, 5.41) is 2.79. The first kappa shape index (κ1) is 14.6. The number of nitrogens with one attached hydrogen (secondary N) is 1. The Bertz CT molecular complexity index is 601.